The number of sulfonamides is 1. The standard InChI is InChI=1S/C11H16N4O5S/c12-13-9-2-3-10(15(16)17)11(8-9)21(18,19)14-4-1-6-20-7-5-14/h2-3,8,13H,1,4-7,12H2. The average molecular weight is 316 g/mol. The zero-order chi connectivity index (χ0) is 15.5. The molecule has 0 atom stereocenters. The molecule has 0 radical (unpaired) electrons. The molecule has 0 bridgehead atoms. The molecule has 0 aliphatic carbocycles. The molecule has 10 heteroatoms. The van der Waals surface area contributed by atoms with Crippen LogP contribution in [0.5, 0.6) is 0 Å². The molecule has 116 valence electrons. The van der Waals surface area contributed by atoms with E-state index in [1.54, 1.807) is 0 Å². The molecule has 1 heterocycles. The van der Waals surface area contributed by atoms with E-state index in [1.165, 1.54) is 16.4 Å². The number of rotatable bonds is 4. The molecular weight excluding hydrogens is 300 g/mol. The van der Waals surface area contributed by atoms with Crippen LogP contribution in [0.15, 0.2) is 23.1 Å². The Balaban J connectivity index is 2.48. The van der Waals surface area contributed by atoms with Crippen molar-refractivity contribution in [1.82, 2.24) is 4.31 Å². The number of hydrogen-bond donors (Lipinski definition) is 2. The lowest BCUT2D eigenvalue weighted by Gasteiger charge is -2.19. The van der Waals surface area contributed by atoms with Gasteiger partial charge in [-0.25, -0.2) is 8.42 Å². The molecule has 1 fully saturated rings. The van der Waals surface area contributed by atoms with Crippen molar-refractivity contribution in [1.29, 1.82) is 0 Å². The molecule has 0 amide bonds. The minimum Gasteiger partial charge on any atom is -0.380 e. The lowest BCUT2D eigenvalue weighted by Crippen LogP contribution is -2.33. The van der Waals surface area contributed by atoms with E-state index >= 15 is 0 Å². The number of benzene rings is 1. The van der Waals surface area contributed by atoms with Crippen molar-refractivity contribution in [3.63, 3.8) is 0 Å². The summed E-state index contributed by atoms with van der Waals surface area (Å²) in [6.45, 7) is 1.17. The van der Waals surface area contributed by atoms with Crippen molar-refractivity contribution in [2.45, 2.75) is 11.3 Å². The van der Waals surface area contributed by atoms with Crippen LogP contribution < -0.4 is 11.3 Å². The maximum Gasteiger partial charge on any atom is 0.289 e. The van der Waals surface area contributed by atoms with Crippen molar-refractivity contribution >= 4 is 21.4 Å². The van der Waals surface area contributed by atoms with Gasteiger partial charge in [-0.15, -0.1) is 0 Å². The highest BCUT2D eigenvalue weighted by atomic mass is 32.2. The number of nitro benzene ring substituents is 1. The van der Waals surface area contributed by atoms with Crippen LogP contribution in [-0.2, 0) is 14.8 Å². The predicted molar refractivity (Wildman–Crippen MR) is 75.1 cm³/mol. The third-order valence-corrected chi connectivity index (χ3v) is 5.05. The minimum absolute atomic E-state index is 0.166. The number of nitrogen functional groups attached to an aromatic ring is 1. The first-order valence-electron chi connectivity index (χ1n) is 6.30. The fourth-order valence-electron chi connectivity index (χ4n) is 2.06. The smallest absolute Gasteiger partial charge is 0.289 e. The van der Waals surface area contributed by atoms with Gasteiger partial charge in [-0.05, 0) is 18.6 Å². The van der Waals surface area contributed by atoms with Crippen LogP contribution in [0.1, 0.15) is 6.42 Å². The van der Waals surface area contributed by atoms with Gasteiger partial charge >= 0.3 is 0 Å². The summed E-state index contributed by atoms with van der Waals surface area (Å²) in [7, 11) is -3.98. The average Bonchev–Trinajstić information content (AvgIpc) is 2.76. The molecule has 0 saturated carbocycles. The van der Waals surface area contributed by atoms with Crippen LogP contribution in [0.2, 0.25) is 0 Å². The minimum atomic E-state index is -3.98. The summed E-state index contributed by atoms with van der Waals surface area (Å²) in [6.07, 6.45) is 0.544. The molecule has 9 nitrogen and oxygen atoms in total. The summed E-state index contributed by atoms with van der Waals surface area (Å²) >= 11 is 0. The Morgan fingerprint density at radius 2 is 2.10 bits per heavy atom. The number of anilines is 1. The van der Waals surface area contributed by atoms with Gasteiger partial charge in [0.1, 0.15) is 0 Å². The van der Waals surface area contributed by atoms with Crippen LogP contribution in [0.4, 0.5) is 11.4 Å². The number of hydrazine groups is 1. The lowest BCUT2D eigenvalue weighted by molar-refractivity contribution is -0.387. The summed E-state index contributed by atoms with van der Waals surface area (Å²) < 4.78 is 31.7. The third kappa shape index (κ3) is 3.29. The number of nitro groups is 1. The third-order valence-electron chi connectivity index (χ3n) is 3.12. The highest BCUT2D eigenvalue weighted by molar-refractivity contribution is 7.89. The predicted octanol–water partition coefficient (Wildman–Crippen LogP) is 0.291. The zero-order valence-corrected chi connectivity index (χ0v) is 12.0. The van der Waals surface area contributed by atoms with Crippen LogP contribution in [-0.4, -0.2) is 43.9 Å². The molecule has 1 aliphatic heterocycles. The van der Waals surface area contributed by atoms with Gasteiger partial charge in [-0.2, -0.15) is 4.31 Å². The topological polar surface area (TPSA) is 128 Å². The van der Waals surface area contributed by atoms with Gasteiger partial charge in [-0.3, -0.25) is 16.0 Å². The lowest BCUT2D eigenvalue weighted by atomic mass is 10.3. The molecule has 21 heavy (non-hydrogen) atoms. The molecule has 3 N–H and O–H groups in total. The molecule has 0 spiro atoms. The van der Waals surface area contributed by atoms with Gasteiger partial charge in [0.05, 0.1) is 17.2 Å². The Morgan fingerprint density at radius 1 is 1.33 bits per heavy atom. The quantitative estimate of drug-likeness (QED) is 0.464. The summed E-state index contributed by atoms with van der Waals surface area (Å²) in [4.78, 5) is 9.97. The highest BCUT2D eigenvalue weighted by Crippen LogP contribution is 2.29. The summed E-state index contributed by atoms with van der Waals surface area (Å²) in [5.41, 5.74) is 2.10. The van der Waals surface area contributed by atoms with E-state index in [0.717, 1.165) is 6.07 Å². The molecule has 0 unspecified atom stereocenters. The second-order valence-electron chi connectivity index (χ2n) is 4.45. The molecule has 1 saturated heterocycles. The van der Waals surface area contributed by atoms with Gasteiger partial charge < -0.3 is 10.2 Å². The van der Waals surface area contributed by atoms with E-state index < -0.39 is 20.6 Å². The van der Waals surface area contributed by atoms with Crippen LogP contribution in [0.25, 0.3) is 0 Å². The fraction of sp³-hybridized carbons (Fsp3) is 0.455. The first-order chi connectivity index (χ1) is 9.96. The van der Waals surface area contributed by atoms with Crippen molar-refractivity contribution in [3.8, 4) is 0 Å². The van der Waals surface area contributed by atoms with Gasteiger partial charge in [-0.1, -0.05) is 0 Å². The SMILES string of the molecule is NNc1ccc([N+](=O)[O-])c(S(=O)(=O)N2CCCOCC2)c1. The number of ether oxygens (including phenoxy) is 1. The van der Waals surface area contributed by atoms with Crippen LogP contribution >= 0.6 is 0 Å². The largest absolute Gasteiger partial charge is 0.380 e. The van der Waals surface area contributed by atoms with Crippen molar-refractivity contribution in [2.75, 3.05) is 31.7 Å². The maximum absolute atomic E-state index is 12.6. The number of nitrogens with two attached hydrogens (primary N) is 1. The molecular formula is C11H16N4O5S. The normalized spacial score (nSPS) is 17.2. The zero-order valence-electron chi connectivity index (χ0n) is 11.2. The Labute approximate surface area is 121 Å². The van der Waals surface area contributed by atoms with Crippen LogP contribution in [0, 0.1) is 10.1 Å². The summed E-state index contributed by atoms with van der Waals surface area (Å²) in [5, 5.41) is 11.1. The second kappa shape index (κ2) is 6.35. The van der Waals surface area contributed by atoms with Crippen molar-refractivity contribution < 1.29 is 18.1 Å². The second-order valence-corrected chi connectivity index (χ2v) is 6.36. The highest BCUT2D eigenvalue weighted by Gasteiger charge is 2.32. The molecule has 2 rings (SSSR count). The van der Waals surface area contributed by atoms with Crippen molar-refractivity contribution in [3.05, 3.63) is 28.3 Å². The summed E-state index contributed by atoms with van der Waals surface area (Å²) in [5.74, 6) is 5.24. The monoisotopic (exact) mass is 316 g/mol. The van der Waals surface area contributed by atoms with E-state index in [1.807, 2.05) is 0 Å². The number of hydrogen-bond acceptors (Lipinski definition) is 7. The molecule has 1 aromatic carbocycles. The van der Waals surface area contributed by atoms with Gasteiger partial charge in [0.25, 0.3) is 5.69 Å². The van der Waals surface area contributed by atoms with Gasteiger partial charge in [0.2, 0.25) is 10.0 Å². The van der Waals surface area contributed by atoms with E-state index in [9.17, 15) is 18.5 Å². The van der Waals surface area contributed by atoms with Gasteiger partial charge in [0, 0.05) is 25.8 Å². The summed E-state index contributed by atoms with van der Waals surface area (Å²) in [6, 6.07) is 3.64. The molecule has 1 aliphatic rings. The maximum atomic E-state index is 12.6. The number of nitrogens with zero attached hydrogens (tertiary/aromatic N) is 2. The molecule has 0 aromatic heterocycles. The van der Waals surface area contributed by atoms with Gasteiger partial charge in [0.15, 0.2) is 4.90 Å². The van der Waals surface area contributed by atoms with Crippen molar-refractivity contribution in [2.24, 2.45) is 5.84 Å². The Kier molecular flexibility index (Phi) is 4.73. The van der Waals surface area contributed by atoms with E-state index in [-0.39, 0.29) is 30.3 Å². The molecule has 1 aromatic rings. The van der Waals surface area contributed by atoms with E-state index in [0.29, 0.717) is 13.0 Å². The Hall–Kier alpha value is -1.75. The number of nitrogens with one attached hydrogen (secondary N) is 1. The Bertz CT molecular complexity index is 626. The van der Waals surface area contributed by atoms with E-state index in [2.05, 4.69) is 5.43 Å². The Morgan fingerprint density at radius 3 is 2.76 bits per heavy atom. The fourth-order valence-corrected chi connectivity index (χ4v) is 3.71. The first kappa shape index (κ1) is 15.6. The van der Waals surface area contributed by atoms with Crippen LogP contribution in [0.3, 0.4) is 0 Å². The van der Waals surface area contributed by atoms with E-state index in [4.69, 9.17) is 10.6 Å². The first-order valence-corrected chi connectivity index (χ1v) is 7.74.